The Morgan fingerprint density at radius 3 is 2.74 bits per heavy atom. The molecular formula is C33H43N3O6. The highest BCUT2D eigenvalue weighted by Gasteiger charge is 2.64. The second-order valence-electron chi connectivity index (χ2n) is 13.8. The van der Waals surface area contributed by atoms with Gasteiger partial charge in [-0.1, -0.05) is 42.8 Å². The number of hydrogen-bond donors (Lipinski definition) is 5. The lowest BCUT2D eigenvalue weighted by Gasteiger charge is -2.60. The fourth-order valence-corrected chi connectivity index (χ4v) is 9.12. The molecule has 6 rings (SSSR count). The van der Waals surface area contributed by atoms with Crippen LogP contribution in [0.15, 0.2) is 47.3 Å². The van der Waals surface area contributed by atoms with Crippen LogP contribution in [0, 0.1) is 28.6 Å². The van der Waals surface area contributed by atoms with Crippen LogP contribution in [0.2, 0.25) is 0 Å². The zero-order chi connectivity index (χ0) is 29.9. The molecule has 0 aliphatic heterocycles. The molecule has 0 saturated heterocycles. The molecular weight excluding hydrogens is 534 g/mol. The molecule has 0 bridgehead atoms. The van der Waals surface area contributed by atoms with Crippen LogP contribution >= 0.6 is 0 Å². The van der Waals surface area contributed by atoms with Crippen molar-refractivity contribution in [3.8, 4) is 0 Å². The number of aromatic nitrogens is 1. The van der Waals surface area contributed by atoms with Gasteiger partial charge in [0.15, 0.2) is 6.61 Å². The van der Waals surface area contributed by atoms with E-state index in [1.54, 1.807) is 6.20 Å². The first kappa shape index (κ1) is 28.9. The van der Waals surface area contributed by atoms with Crippen LogP contribution in [-0.4, -0.2) is 62.2 Å². The number of aromatic amines is 1. The van der Waals surface area contributed by atoms with Gasteiger partial charge in [-0.05, 0) is 92.7 Å². The smallest absolute Gasteiger partial charge is 0.326 e. The number of benzene rings is 1. The molecule has 9 nitrogen and oxygen atoms in total. The minimum absolute atomic E-state index is 0.133. The minimum Gasteiger partial charge on any atom is -0.480 e. The van der Waals surface area contributed by atoms with Crippen molar-refractivity contribution in [2.75, 3.05) is 6.61 Å². The zero-order valence-electron chi connectivity index (χ0n) is 24.7. The topological polar surface area (TPSA) is 144 Å². The van der Waals surface area contributed by atoms with Gasteiger partial charge in [0.2, 0.25) is 0 Å². The van der Waals surface area contributed by atoms with Gasteiger partial charge in [-0.3, -0.25) is 4.79 Å². The number of carboxylic acid groups (broad SMARTS) is 1. The first-order chi connectivity index (χ1) is 19.9. The van der Waals surface area contributed by atoms with Crippen molar-refractivity contribution in [2.45, 2.75) is 89.9 Å². The molecule has 0 spiro atoms. The third kappa shape index (κ3) is 4.74. The van der Waals surface area contributed by atoms with Crippen LogP contribution in [-0.2, 0) is 20.8 Å². The lowest BCUT2D eigenvalue weighted by molar-refractivity contribution is -0.164. The minimum atomic E-state index is -1.11. The average molecular weight is 578 g/mol. The Labute approximate surface area is 246 Å². The van der Waals surface area contributed by atoms with Crippen molar-refractivity contribution in [1.82, 2.24) is 10.3 Å². The van der Waals surface area contributed by atoms with Gasteiger partial charge < -0.3 is 30.5 Å². The molecule has 4 aliphatic rings. The summed E-state index contributed by atoms with van der Waals surface area (Å²) in [6, 6.07) is 6.55. The van der Waals surface area contributed by atoms with Gasteiger partial charge in [-0.15, -0.1) is 0 Å². The van der Waals surface area contributed by atoms with Crippen molar-refractivity contribution in [3.05, 3.63) is 47.7 Å². The Hall–Kier alpha value is -3.17. The van der Waals surface area contributed by atoms with Crippen molar-refractivity contribution in [1.29, 1.82) is 0 Å². The Kier molecular flexibility index (Phi) is 7.25. The third-order valence-electron chi connectivity index (χ3n) is 11.6. The van der Waals surface area contributed by atoms with E-state index in [1.807, 2.05) is 31.2 Å². The van der Waals surface area contributed by atoms with E-state index in [2.05, 4.69) is 35.4 Å². The van der Waals surface area contributed by atoms with Gasteiger partial charge in [0.25, 0.3) is 5.91 Å². The van der Waals surface area contributed by atoms with Gasteiger partial charge in [0.1, 0.15) is 6.04 Å². The molecule has 9 heteroatoms. The molecule has 1 aromatic heterocycles. The van der Waals surface area contributed by atoms with E-state index in [0.29, 0.717) is 24.7 Å². The first-order valence-electron chi connectivity index (χ1n) is 15.3. The molecule has 3 saturated carbocycles. The average Bonchev–Trinajstić information content (AvgIpc) is 3.45. The number of nitrogens with zero attached hydrogens (tertiary/aromatic N) is 1. The molecule has 0 unspecified atom stereocenters. The maximum atomic E-state index is 12.6. The third-order valence-corrected chi connectivity index (χ3v) is 11.6. The van der Waals surface area contributed by atoms with E-state index < -0.39 is 29.6 Å². The lowest BCUT2D eigenvalue weighted by atomic mass is 9.45. The second kappa shape index (κ2) is 10.5. The standard InChI is InChI=1S/C33H43N3O6/c1-31-12-10-21(15-20(31)8-9-23-24-11-13-33(3,41)32(24,2)16-27(37)29(23)31)36-42-18-28(38)35-26(30(39)40)14-19-17-34-25-7-5-4-6-22(19)25/h4-7,15,17,23-24,26-27,29,34,37,41H,8-14,16,18H2,1-3H3,(H,35,38)(H,39,40)/b36-21-/t23-,24+,26+,27+,29-,31-,32-,33-/m0/s1. The van der Waals surface area contributed by atoms with Crippen molar-refractivity contribution in [2.24, 2.45) is 33.7 Å². The van der Waals surface area contributed by atoms with Gasteiger partial charge in [-0.25, -0.2) is 4.79 Å². The predicted molar refractivity (Wildman–Crippen MR) is 159 cm³/mol. The predicted octanol–water partition coefficient (Wildman–Crippen LogP) is 4.34. The normalized spacial score (nSPS) is 37.4. The molecule has 226 valence electrons. The second-order valence-corrected chi connectivity index (χ2v) is 13.8. The van der Waals surface area contributed by atoms with E-state index >= 15 is 0 Å². The fraction of sp³-hybridized carbons (Fsp3) is 0.606. The van der Waals surface area contributed by atoms with Crippen LogP contribution in [0.1, 0.15) is 71.3 Å². The lowest BCUT2D eigenvalue weighted by Crippen LogP contribution is -2.59. The number of hydrogen-bond acceptors (Lipinski definition) is 6. The number of carboxylic acids is 1. The molecule has 2 aromatic rings. The Balaban J connectivity index is 1.09. The highest BCUT2D eigenvalue weighted by Crippen LogP contribution is 2.67. The van der Waals surface area contributed by atoms with Crippen LogP contribution in [0.4, 0.5) is 0 Å². The first-order valence-corrected chi connectivity index (χ1v) is 15.3. The van der Waals surface area contributed by atoms with Gasteiger partial charge in [0.05, 0.1) is 17.4 Å². The maximum absolute atomic E-state index is 12.6. The summed E-state index contributed by atoms with van der Waals surface area (Å²) in [6.07, 6.45) is 9.42. The maximum Gasteiger partial charge on any atom is 0.326 e. The molecule has 42 heavy (non-hydrogen) atoms. The van der Waals surface area contributed by atoms with Crippen molar-refractivity contribution < 1.29 is 29.7 Å². The van der Waals surface area contributed by atoms with Gasteiger partial charge in [-0.2, -0.15) is 0 Å². The highest BCUT2D eigenvalue weighted by atomic mass is 16.6. The van der Waals surface area contributed by atoms with E-state index in [-0.39, 0.29) is 29.8 Å². The number of allylic oxidation sites excluding steroid dienone is 2. The number of amides is 1. The van der Waals surface area contributed by atoms with E-state index in [0.717, 1.165) is 54.3 Å². The largest absolute Gasteiger partial charge is 0.480 e. The fourth-order valence-electron chi connectivity index (χ4n) is 9.12. The summed E-state index contributed by atoms with van der Waals surface area (Å²) in [5, 5.41) is 40.1. The van der Waals surface area contributed by atoms with Crippen LogP contribution in [0.3, 0.4) is 0 Å². The molecule has 1 amide bonds. The summed E-state index contributed by atoms with van der Waals surface area (Å²) in [5.74, 6) is -0.691. The molecule has 0 radical (unpaired) electrons. The molecule has 3 fully saturated rings. The quantitative estimate of drug-likeness (QED) is 0.310. The number of aliphatic hydroxyl groups is 2. The summed E-state index contributed by atoms with van der Waals surface area (Å²) in [5.41, 5.74) is 2.65. The van der Waals surface area contributed by atoms with Crippen molar-refractivity contribution in [3.63, 3.8) is 0 Å². The van der Waals surface area contributed by atoms with E-state index in [9.17, 15) is 24.9 Å². The highest BCUT2D eigenvalue weighted by molar-refractivity contribution is 5.96. The number of oxime groups is 1. The summed E-state index contributed by atoms with van der Waals surface area (Å²) in [6.45, 7) is 6.04. The number of aliphatic carboxylic acids is 1. The van der Waals surface area contributed by atoms with Gasteiger partial charge in [0, 0.05) is 28.9 Å². The number of nitrogens with one attached hydrogen (secondary N) is 2. The number of aliphatic hydroxyl groups excluding tert-OH is 1. The van der Waals surface area contributed by atoms with Crippen LogP contribution in [0.5, 0.6) is 0 Å². The van der Waals surface area contributed by atoms with E-state index in [1.165, 1.54) is 5.57 Å². The number of carbonyl (C=O) groups is 2. The van der Waals surface area contributed by atoms with Crippen LogP contribution in [0.25, 0.3) is 10.9 Å². The Morgan fingerprint density at radius 1 is 1.17 bits per heavy atom. The summed E-state index contributed by atoms with van der Waals surface area (Å²) < 4.78 is 0. The molecule has 4 aliphatic carbocycles. The van der Waals surface area contributed by atoms with Crippen molar-refractivity contribution >= 4 is 28.5 Å². The number of fused-ring (bicyclic) bond motifs is 6. The summed E-state index contributed by atoms with van der Waals surface area (Å²) >= 11 is 0. The number of H-pyrrole nitrogens is 1. The van der Waals surface area contributed by atoms with Gasteiger partial charge >= 0.3 is 5.97 Å². The SMILES string of the molecule is C[C@]12CC/C(=N/OCC(=O)N[C@H](Cc3c[nH]c4ccccc34)C(=O)O)C=C1CC[C@@H]1[C@H]2[C@H](O)C[C@@]2(C)[C@@H]1CC[C@]2(C)O. The summed E-state index contributed by atoms with van der Waals surface area (Å²) in [4.78, 5) is 33.0. The zero-order valence-corrected chi connectivity index (χ0v) is 24.7. The Bertz CT molecular complexity index is 1440. The molecule has 5 N–H and O–H groups in total. The van der Waals surface area contributed by atoms with E-state index in [4.69, 9.17) is 4.84 Å². The number of carbonyl (C=O) groups excluding carboxylic acids is 1. The monoisotopic (exact) mass is 577 g/mol. The van der Waals surface area contributed by atoms with Crippen LogP contribution < -0.4 is 5.32 Å². The molecule has 1 aromatic carbocycles. The number of para-hydroxylation sites is 1. The number of rotatable bonds is 7. The summed E-state index contributed by atoms with van der Waals surface area (Å²) in [7, 11) is 0. The molecule has 8 atom stereocenters. The molecule has 1 heterocycles. The Morgan fingerprint density at radius 2 is 1.95 bits per heavy atom.